The Kier molecular flexibility index (Phi) is 3.46. The van der Waals surface area contributed by atoms with Crippen molar-refractivity contribution in [2.75, 3.05) is 6.61 Å². The number of carbonyl (C=O) groups is 1. The Morgan fingerprint density at radius 2 is 2.38 bits per heavy atom. The molecule has 1 aromatic rings. The highest BCUT2D eigenvalue weighted by molar-refractivity contribution is 9.10. The molecule has 4 nitrogen and oxygen atoms in total. The first-order valence-electron chi connectivity index (χ1n) is 4.93. The van der Waals surface area contributed by atoms with E-state index >= 15 is 0 Å². The maximum absolute atomic E-state index is 11.2. The van der Waals surface area contributed by atoms with Gasteiger partial charge in [0.1, 0.15) is 5.75 Å². The summed E-state index contributed by atoms with van der Waals surface area (Å²) in [5, 5.41) is 8.94. The first-order chi connectivity index (χ1) is 7.70. The Morgan fingerprint density at radius 1 is 1.56 bits per heavy atom. The summed E-state index contributed by atoms with van der Waals surface area (Å²) in [5.41, 5.74) is 0.785. The number of ether oxygens (including phenoxy) is 2. The summed E-state index contributed by atoms with van der Waals surface area (Å²) >= 11 is 3.33. The average Bonchev–Trinajstić information content (AvgIpc) is 2.67. The van der Waals surface area contributed by atoms with E-state index in [-0.39, 0.29) is 12.6 Å². The predicted molar refractivity (Wildman–Crippen MR) is 60.1 cm³/mol. The van der Waals surface area contributed by atoms with Crippen molar-refractivity contribution >= 4 is 21.9 Å². The fraction of sp³-hybridized carbons (Fsp3) is 0.364. The van der Waals surface area contributed by atoms with Gasteiger partial charge < -0.3 is 14.6 Å². The predicted octanol–water partition coefficient (Wildman–Crippen LogP) is 1.64. The van der Waals surface area contributed by atoms with Crippen LogP contribution >= 0.6 is 15.9 Å². The van der Waals surface area contributed by atoms with E-state index in [1.165, 1.54) is 0 Å². The minimum Gasteiger partial charge on any atom is -0.477 e. The molecule has 0 bridgehead atoms. The second kappa shape index (κ2) is 4.84. The number of aliphatic hydroxyl groups is 1. The second-order valence-electron chi connectivity index (χ2n) is 3.49. The molecule has 1 aliphatic rings. The molecule has 1 unspecified atom stereocenters. The second-order valence-corrected chi connectivity index (χ2v) is 4.34. The van der Waals surface area contributed by atoms with Crippen LogP contribution in [0.25, 0.3) is 0 Å². The SMILES string of the molecule is O=C1OCCC1Oc1ccc(CO)cc1Br. The number of hydrogen-bond donors (Lipinski definition) is 1. The normalized spacial score (nSPS) is 19.6. The van der Waals surface area contributed by atoms with Crippen LogP contribution in [0.1, 0.15) is 12.0 Å². The molecule has 0 spiro atoms. The van der Waals surface area contributed by atoms with Crippen LogP contribution in [0, 0.1) is 0 Å². The summed E-state index contributed by atoms with van der Waals surface area (Å²) < 4.78 is 11.0. The minimum absolute atomic E-state index is 0.0235. The van der Waals surface area contributed by atoms with Crippen LogP contribution in [0.3, 0.4) is 0 Å². The minimum atomic E-state index is -0.517. The van der Waals surface area contributed by atoms with E-state index in [1.807, 2.05) is 0 Å². The van der Waals surface area contributed by atoms with Gasteiger partial charge in [-0.2, -0.15) is 0 Å². The smallest absolute Gasteiger partial charge is 0.347 e. The molecule has 1 aliphatic heterocycles. The fourth-order valence-electron chi connectivity index (χ4n) is 1.48. The maximum Gasteiger partial charge on any atom is 0.347 e. The third-order valence-electron chi connectivity index (χ3n) is 2.34. The third-order valence-corrected chi connectivity index (χ3v) is 2.96. The zero-order valence-corrected chi connectivity index (χ0v) is 10.1. The summed E-state index contributed by atoms with van der Waals surface area (Å²) in [7, 11) is 0. The Hall–Kier alpha value is -1.07. The first kappa shape index (κ1) is 11.4. The van der Waals surface area contributed by atoms with Crippen molar-refractivity contribution in [1.82, 2.24) is 0 Å². The highest BCUT2D eigenvalue weighted by Gasteiger charge is 2.28. The highest BCUT2D eigenvalue weighted by Crippen LogP contribution is 2.28. The monoisotopic (exact) mass is 286 g/mol. The molecule has 1 heterocycles. The van der Waals surface area contributed by atoms with Crippen LogP contribution in [0.5, 0.6) is 5.75 Å². The number of hydrogen-bond acceptors (Lipinski definition) is 4. The molecular weight excluding hydrogens is 276 g/mol. The van der Waals surface area contributed by atoms with E-state index in [0.717, 1.165) is 10.0 Å². The molecule has 1 fully saturated rings. The number of esters is 1. The number of benzene rings is 1. The molecule has 1 atom stereocenters. The molecule has 0 saturated carbocycles. The molecule has 1 aromatic carbocycles. The Labute approximate surface area is 101 Å². The van der Waals surface area contributed by atoms with Gasteiger partial charge in [-0.05, 0) is 33.6 Å². The van der Waals surface area contributed by atoms with E-state index < -0.39 is 6.10 Å². The zero-order chi connectivity index (χ0) is 11.5. The van der Waals surface area contributed by atoms with Crippen molar-refractivity contribution in [3.63, 3.8) is 0 Å². The van der Waals surface area contributed by atoms with Crippen LogP contribution in [0.4, 0.5) is 0 Å². The van der Waals surface area contributed by atoms with E-state index in [0.29, 0.717) is 18.8 Å². The van der Waals surface area contributed by atoms with Crippen LogP contribution in [-0.4, -0.2) is 23.8 Å². The van der Waals surface area contributed by atoms with Gasteiger partial charge in [0.05, 0.1) is 17.7 Å². The van der Waals surface area contributed by atoms with Gasteiger partial charge in [-0.3, -0.25) is 0 Å². The summed E-state index contributed by atoms with van der Waals surface area (Å²) in [6.07, 6.45) is 0.0591. The van der Waals surface area contributed by atoms with Gasteiger partial charge in [-0.15, -0.1) is 0 Å². The number of halogens is 1. The van der Waals surface area contributed by atoms with Gasteiger partial charge in [0.2, 0.25) is 0 Å². The molecule has 0 aromatic heterocycles. The fourth-order valence-corrected chi connectivity index (χ4v) is 2.00. The summed E-state index contributed by atoms with van der Waals surface area (Å²) in [5.74, 6) is 0.263. The standard InChI is InChI=1S/C11H11BrO4/c12-8-5-7(6-13)1-2-9(8)16-10-3-4-15-11(10)14/h1-2,5,10,13H,3-4,6H2. The van der Waals surface area contributed by atoms with Gasteiger partial charge in [0.25, 0.3) is 0 Å². The van der Waals surface area contributed by atoms with E-state index in [2.05, 4.69) is 15.9 Å². The lowest BCUT2D eigenvalue weighted by Crippen LogP contribution is -2.21. The Balaban J connectivity index is 2.12. The number of cyclic esters (lactones) is 1. The largest absolute Gasteiger partial charge is 0.477 e. The van der Waals surface area contributed by atoms with Crippen molar-refractivity contribution in [2.24, 2.45) is 0 Å². The molecular formula is C11H11BrO4. The van der Waals surface area contributed by atoms with Gasteiger partial charge in [0, 0.05) is 6.42 Å². The lowest BCUT2D eigenvalue weighted by atomic mass is 10.2. The summed E-state index contributed by atoms with van der Waals surface area (Å²) in [4.78, 5) is 11.2. The topological polar surface area (TPSA) is 55.8 Å². The molecule has 1 N–H and O–H groups in total. The van der Waals surface area contributed by atoms with Crippen molar-refractivity contribution in [3.05, 3.63) is 28.2 Å². The Morgan fingerprint density at radius 3 is 2.94 bits per heavy atom. The lowest BCUT2D eigenvalue weighted by molar-refractivity contribution is -0.143. The van der Waals surface area contributed by atoms with E-state index in [4.69, 9.17) is 14.6 Å². The quantitative estimate of drug-likeness (QED) is 0.859. The molecule has 0 aliphatic carbocycles. The van der Waals surface area contributed by atoms with E-state index in [1.54, 1.807) is 18.2 Å². The van der Waals surface area contributed by atoms with Gasteiger partial charge >= 0.3 is 5.97 Å². The van der Waals surface area contributed by atoms with Crippen LogP contribution in [0.15, 0.2) is 22.7 Å². The van der Waals surface area contributed by atoms with Crippen molar-refractivity contribution in [3.8, 4) is 5.75 Å². The molecule has 0 radical (unpaired) electrons. The molecule has 2 rings (SSSR count). The van der Waals surface area contributed by atoms with Crippen LogP contribution < -0.4 is 4.74 Å². The molecule has 0 amide bonds. The van der Waals surface area contributed by atoms with E-state index in [9.17, 15) is 4.79 Å². The molecule has 86 valence electrons. The number of rotatable bonds is 3. The molecule has 16 heavy (non-hydrogen) atoms. The molecule has 1 saturated heterocycles. The lowest BCUT2D eigenvalue weighted by Gasteiger charge is -2.12. The molecule has 5 heteroatoms. The van der Waals surface area contributed by atoms with Gasteiger partial charge in [-0.25, -0.2) is 4.79 Å². The van der Waals surface area contributed by atoms with Crippen LogP contribution in [0.2, 0.25) is 0 Å². The summed E-state index contributed by atoms with van der Waals surface area (Å²) in [6.45, 7) is 0.389. The maximum atomic E-state index is 11.2. The number of carbonyl (C=O) groups excluding carboxylic acids is 1. The highest BCUT2D eigenvalue weighted by atomic mass is 79.9. The van der Waals surface area contributed by atoms with Crippen LogP contribution in [-0.2, 0) is 16.1 Å². The zero-order valence-electron chi connectivity index (χ0n) is 8.48. The number of aliphatic hydroxyl groups excluding tert-OH is 1. The van der Waals surface area contributed by atoms with Gasteiger partial charge in [0.15, 0.2) is 6.10 Å². The average molecular weight is 287 g/mol. The first-order valence-corrected chi connectivity index (χ1v) is 5.72. The van der Waals surface area contributed by atoms with Crippen molar-refractivity contribution < 1.29 is 19.4 Å². The van der Waals surface area contributed by atoms with Crippen molar-refractivity contribution in [2.45, 2.75) is 19.1 Å². The van der Waals surface area contributed by atoms with Gasteiger partial charge in [-0.1, -0.05) is 6.07 Å². The third kappa shape index (κ3) is 2.36. The Bertz CT molecular complexity index is 405. The summed E-state index contributed by atoms with van der Waals surface area (Å²) in [6, 6.07) is 5.23. The van der Waals surface area contributed by atoms with Crippen molar-refractivity contribution in [1.29, 1.82) is 0 Å².